The minimum absolute atomic E-state index is 0.221. The molecule has 1 heterocycles. The molecule has 1 saturated heterocycles. The van der Waals surface area contributed by atoms with E-state index < -0.39 is 17.8 Å². The lowest BCUT2D eigenvalue weighted by atomic mass is 10.1. The topological polar surface area (TPSA) is 94.2 Å². The number of imide groups is 2. The van der Waals surface area contributed by atoms with Gasteiger partial charge in [-0.2, -0.15) is 0 Å². The van der Waals surface area contributed by atoms with Crippen molar-refractivity contribution in [1.29, 1.82) is 0 Å². The highest BCUT2D eigenvalue weighted by Gasteiger charge is 2.36. The van der Waals surface area contributed by atoms with E-state index in [1.807, 2.05) is 20.8 Å². The van der Waals surface area contributed by atoms with Crippen LogP contribution in [0.15, 0.2) is 42.0 Å². The predicted octanol–water partition coefficient (Wildman–Crippen LogP) is 4.20. The van der Waals surface area contributed by atoms with Crippen LogP contribution in [0.5, 0.6) is 17.2 Å². The van der Waals surface area contributed by atoms with Crippen LogP contribution in [0.25, 0.3) is 6.08 Å². The highest BCUT2D eigenvalue weighted by molar-refractivity contribution is 6.39. The molecule has 1 fully saturated rings. The standard InChI is InChI=1S/C23H23ClN2O6/c1-4-30-16-9-7-15(8-10-16)26-22(28)17(21(27)25-23(26)29)11-14-12-18(24)20(32-6-3)19(13-14)31-5-2/h7-13H,4-6H2,1-3H3,(H,25,27,29)/b17-11+. The zero-order valence-corrected chi connectivity index (χ0v) is 18.7. The lowest BCUT2D eigenvalue weighted by Gasteiger charge is -2.26. The highest BCUT2D eigenvalue weighted by Crippen LogP contribution is 2.37. The summed E-state index contributed by atoms with van der Waals surface area (Å²) in [5.41, 5.74) is 0.525. The third-order valence-electron chi connectivity index (χ3n) is 4.44. The second-order valence-electron chi connectivity index (χ2n) is 6.58. The molecule has 1 aliphatic heterocycles. The molecule has 0 saturated carbocycles. The van der Waals surface area contributed by atoms with Crippen molar-refractivity contribution in [1.82, 2.24) is 5.32 Å². The van der Waals surface area contributed by atoms with Gasteiger partial charge in [-0.25, -0.2) is 9.69 Å². The Labute approximate surface area is 190 Å². The zero-order valence-electron chi connectivity index (χ0n) is 17.9. The van der Waals surface area contributed by atoms with Crippen LogP contribution in [0.4, 0.5) is 10.5 Å². The van der Waals surface area contributed by atoms with Gasteiger partial charge in [-0.3, -0.25) is 14.9 Å². The Morgan fingerprint density at radius 3 is 2.22 bits per heavy atom. The van der Waals surface area contributed by atoms with E-state index >= 15 is 0 Å². The van der Waals surface area contributed by atoms with Gasteiger partial charge in [-0.15, -0.1) is 0 Å². The van der Waals surface area contributed by atoms with Gasteiger partial charge in [-0.1, -0.05) is 11.6 Å². The van der Waals surface area contributed by atoms with E-state index in [4.69, 9.17) is 25.8 Å². The highest BCUT2D eigenvalue weighted by atomic mass is 35.5. The fourth-order valence-electron chi connectivity index (χ4n) is 3.14. The van der Waals surface area contributed by atoms with Gasteiger partial charge in [0.25, 0.3) is 11.8 Å². The van der Waals surface area contributed by atoms with E-state index in [0.717, 1.165) is 4.90 Å². The first-order chi connectivity index (χ1) is 15.4. The molecule has 1 N–H and O–H groups in total. The first-order valence-corrected chi connectivity index (χ1v) is 10.5. The molecule has 2 aromatic rings. The molecule has 0 aliphatic carbocycles. The normalized spacial score (nSPS) is 15.1. The molecule has 0 radical (unpaired) electrons. The molecule has 9 heteroatoms. The maximum absolute atomic E-state index is 13.1. The fraction of sp³-hybridized carbons (Fsp3) is 0.261. The number of rotatable bonds is 8. The van der Waals surface area contributed by atoms with Crippen molar-refractivity contribution in [3.05, 3.63) is 52.6 Å². The third-order valence-corrected chi connectivity index (χ3v) is 4.72. The van der Waals surface area contributed by atoms with Crippen molar-refractivity contribution in [3.63, 3.8) is 0 Å². The Morgan fingerprint density at radius 2 is 1.59 bits per heavy atom. The quantitative estimate of drug-likeness (QED) is 0.470. The van der Waals surface area contributed by atoms with Crippen LogP contribution in [0.2, 0.25) is 5.02 Å². The maximum Gasteiger partial charge on any atom is 0.335 e. The lowest BCUT2D eigenvalue weighted by Crippen LogP contribution is -2.54. The largest absolute Gasteiger partial charge is 0.494 e. The van der Waals surface area contributed by atoms with Gasteiger partial charge in [0, 0.05) is 0 Å². The number of hydrogen-bond acceptors (Lipinski definition) is 6. The van der Waals surface area contributed by atoms with E-state index in [-0.39, 0.29) is 10.6 Å². The number of benzene rings is 2. The molecular weight excluding hydrogens is 436 g/mol. The molecule has 3 rings (SSSR count). The average molecular weight is 459 g/mol. The summed E-state index contributed by atoms with van der Waals surface area (Å²) in [6.07, 6.45) is 1.36. The van der Waals surface area contributed by atoms with Crippen LogP contribution in [0, 0.1) is 0 Å². The Bertz CT molecular complexity index is 1060. The van der Waals surface area contributed by atoms with Crippen LogP contribution in [0.3, 0.4) is 0 Å². The summed E-state index contributed by atoms with van der Waals surface area (Å²) in [6, 6.07) is 8.75. The molecule has 4 amide bonds. The molecule has 0 aromatic heterocycles. The van der Waals surface area contributed by atoms with E-state index in [2.05, 4.69) is 5.32 Å². The Kier molecular flexibility index (Phi) is 7.37. The number of hydrogen-bond donors (Lipinski definition) is 1. The van der Waals surface area contributed by atoms with Crippen LogP contribution in [0.1, 0.15) is 26.3 Å². The van der Waals surface area contributed by atoms with Crippen LogP contribution >= 0.6 is 11.6 Å². The minimum Gasteiger partial charge on any atom is -0.494 e. The first kappa shape index (κ1) is 23.1. The molecule has 0 unspecified atom stereocenters. The number of carbonyl (C=O) groups is 3. The zero-order chi connectivity index (χ0) is 23.3. The second-order valence-corrected chi connectivity index (χ2v) is 6.99. The second kappa shape index (κ2) is 10.2. The number of anilines is 1. The molecule has 0 atom stereocenters. The van der Waals surface area contributed by atoms with E-state index in [0.29, 0.717) is 48.3 Å². The van der Waals surface area contributed by atoms with Crippen molar-refractivity contribution in [2.45, 2.75) is 20.8 Å². The van der Waals surface area contributed by atoms with Gasteiger partial charge < -0.3 is 14.2 Å². The minimum atomic E-state index is -0.832. The fourth-order valence-corrected chi connectivity index (χ4v) is 3.41. The van der Waals surface area contributed by atoms with Gasteiger partial charge in [0.15, 0.2) is 11.5 Å². The van der Waals surface area contributed by atoms with Crippen LogP contribution < -0.4 is 24.4 Å². The molecule has 1 aliphatic rings. The van der Waals surface area contributed by atoms with Crippen LogP contribution in [-0.4, -0.2) is 37.7 Å². The summed E-state index contributed by atoms with van der Waals surface area (Å²) in [5.74, 6) is -0.197. The summed E-state index contributed by atoms with van der Waals surface area (Å²) in [4.78, 5) is 38.8. The van der Waals surface area contributed by atoms with Gasteiger partial charge in [0.2, 0.25) is 0 Å². The van der Waals surface area contributed by atoms with Crippen molar-refractivity contribution in [3.8, 4) is 17.2 Å². The van der Waals surface area contributed by atoms with E-state index in [1.54, 1.807) is 36.4 Å². The van der Waals surface area contributed by atoms with Gasteiger partial charge in [0.05, 0.1) is 30.5 Å². The lowest BCUT2D eigenvalue weighted by molar-refractivity contribution is -0.122. The molecule has 8 nitrogen and oxygen atoms in total. The number of halogens is 1. The summed E-state index contributed by atoms with van der Waals surface area (Å²) in [5, 5.41) is 2.46. The number of nitrogens with zero attached hydrogens (tertiary/aromatic N) is 1. The summed E-state index contributed by atoms with van der Waals surface area (Å²) >= 11 is 6.33. The summed E-state index contributed by atoms with van der Waals surface area (Å²) in [6.45, 7) is 6.73. The van der Waals surface area contributed by atoms with Gasteiger partial charge >= 0.3 is 6.03 Å². The van der Waals surface area contributed by atoms with E-state index in [1.165, 1.54) is 6.08 Å². The van der Waals surface area contributed by atoms with Crippen LogP contribution in [-0.2, 0) is 9.59 Å². The molecule has 0 bridgehead atoms. The van der Waals surface area contributed by atoms with Crippen molar-refractivity contribution in [2.24, 2.45) is 0 Å². The van der Waals surface area contributed by atoms with Gasteiger partial charge in [-0.05, 0) is 68.8 Å². The molecular formula is C23H23ClN2O6. The third kappa shape index (κ3) is 4.86. The Balaban J connectivity index is 1.98. The molecule has 32 heavy (non-hydrogen) atoms. The van der Waals surface area contributed by atoms with Crippen molar-refractivity contribution >= 4 is 41.2 Å². The monoisotopic (exact) mass is 458 g/mol. The summed E-state index contributed by atoms with van der Waals surface area (Å²) < 4.78 is 16.5. The number of ether oxygens (including phenoxy) is 3. The predicted molar refractivity (Wildman–Crippen MR) is 120 cm³/mol. The number of barbiturate groups is 1. The van der Waals surface area contributed by atoms with Crippen molar-refractivity contribution < 1.29 is 28.6 Å². The number of amides is 4. The molecule has 168 valence electrons. The Hall–Kier alpha value is -3.52. The van der Waals surface area contributed by atoms with E-state index in [9.17, 15) is 14.4 Å². The number of carbonyl (C=O) groups excluding carboxylic acids is 3. The number of urea groups is 1. The van der Waals surface area contributed by atoms with Gasteiger partial charge in [0.1, 0.15) is 11.3 Å². The van der Waals surface area contributed by atoms with Crippen molar-refractivity contribution in [2.75, 3.05) is 24.7 Å². The Morgan fingerprint density at radius 1 is 0.938 bits per heavy atom. The maximum atomic E-state index is 13.1. The molecule has 0 spiro atoms. The smallest absolute Gasteiger partial charge is 0.335 e. The first-order valence-electron chi connectivity index (χ1n) is 10.1. The average Bonchev–Trinajstić information content (AvgIpc) is 2.75. The SMILES string of the molecule is CCOc1ccc(N2C(=O)NC(=O)/C(=C\c3cc(Cl)c(OCC)c(OCC)c3)C2=O)cc1. The summed E-state index contributed by atoms with van der Waals surface area (Å²) in [7, 11) is 0. The number of nitrogens with one attached hydrogen (secondary N) is 1. The molecule has 2 aromatic carbocycles.